The van der Waals surface area contributed by atoms with Crippen molar-refractivity contribution in [2.75, 3.05) is 0 Å². The van der Waals surface area contributed by atoms with Gasteiger partial charge in [0, 0.05) is 12.4 Å². The normalized spacial score (nSPS) is 27.9. The molecule has 0 N–H and O–H groups in total. The Hall–Kier alpha value is 0.870. The van der Waals surface area contributed by atoms with E-state index in [1.165, 1.54) is 18.4 Å². The van der Waals surface area contributed by atoms with E-state index in [1.807, 2.05) is 6.20 Å². The fraction of sp³-hybridized carbons (Fsp3) is 0.500. The first-order valence-electron chi connectivity index (χ1n) is 5.17. The van der Waals surface area contributed by atoms with E-state index in [2.05, 4.69) is 42.0 Å². The second-order valence-corrected chi connectivity index (χ2v) is 13.6. The minimum absolute atomic E-state index is 0.127. The molecule has 0 fully saturated rings. The summed E-state index contributed by atoms with van der Waals surface area (Å²) in [5.74, 6) is 0.716. The number of nitrogens with zero attached hydrogens (tertiary/aromatic N) is 1. The van der Waals surface area contributed by atoms with Gasteiger partial charge in [-0.15, -0.1) is 17.9 Å². The second-order valence-electron chi connectivity index (χ2n) is 4.01. The smallest absolute Gasteiger partial charge is 0.0302 e. The molecule has 4 unspecified atom stereocenters. The van der Waals surface area contributed by atoms with Crippen molar-refractivity contribution in [1.82, 2.24) is 4.98 Å². The summed E-state index contributed by atoms with van der Waals surface area (Å²) in [5.41, 5.74) is 3.90. The third-order valence-corrected chi connectivity index (χ3v) is 14.7. The predicted molar refractivity (Wildman–Crippen MR) is 79.4 cm³/mol. The first-order chi connectivity index (χ1) is 7.24. The summed E-state index contributed by atoms with van der Waals surface area (Å²) >= 11 is 0. The van der Waals surface area contributed by atoms with Crippen molar-refractivity contribution < 1.29 is 0 Å². The molecule has 6 atom stereocenters. The van der Waals surface area contributed by atoms with Crippen molar-refractivity contribution in [3.8, 4) is 0 Å². The lowest BCUT2D eigenvalue weighted by Crippen LogP contribution is -2.20. The van der Waals surface area contributed by atoms with Gasteiger partial charge in [-0.3, -0.25) is 4.98 Å². The van der Waals surface area contributed by atoms with Crippen molar-refractivity contribution in [2.45, 2.75) is 31.3 Å². The molecule has 1 nitrogen and oxygen atoms in total. The third kappa shape index (κ3) is 2.58. The number of pyridine rings is 1. The lowest BCUT2D eigenvalue weighted by atomic mass is 9.85. The van der Waals surface area contributed by atoms with E-state index in [1.54, 1.807) is 5.56 Å². The topological polar surface area (TPSA) is 12.9 Å². The minimum Gasteiger partial charge on any atom is -0.264 e. The zero-order valence-corrected chi connectivity index (χ0v) is 13.1. The van der Waals surface area contributed by atoms with Crippen LogP contribution in [0.3, 0.4) is 0 Å². The SMILES string of the molecule is C[C@@H]1c2ccncc2CC[C@@H]1P(P)PP. The molecule has 0 amide bonds. The number of rotatable bonds is 2. The molecule has 1 heterocycles. The molecule has 0 bridgehead atoms. The molecule has 1 aromatic rings. The molecule has 1 aliphatic rings. The highest BCUT2D eigenvalue weighted by Gasteiger charge is 2.29. The summed E-state index contributed by atoms with van der Waals surface area (Å²) in [4.78, 5) is 4.22. The van der Waals surface area contributed by atoms with Crippen LogP contribution in [0.5, 0.6) is 0 Å². The zero-order valence-electron chi connectivity index (χ0n) is 8.85. The molecule has 5 heteroatoms. The Morgan fingerprint density at radius 3 is 3.13 bits per heavy atom. The molecule has 0 spiro atoms. The Morgan fingerprint density at radius 1 is 1.60 bits per heavy atom. The lowest BCUT2D eigenvalue weighted by Gasteiger charge is -2.34. The Balaban J connectivity index is 2.25. The molecule has 15 heavy (non-hydrogen) atoms. The molecule has 1 aromatic heterocycles. The summed E-state index contributed by atoms with van der Waals surface area (Å²) in [6.45, 7) is 2.38. The van der Waals surface area contributed by atoms with Gasteiger partial charge in [-0.25, -0.2) is 0 Å². The number of aryl methyl sites for hydroxylation is 1. The van der Waals surface area contributed by atoms with Crippen LogP contribution in [0.15, 0.2) is 18.5 Å². The van der Waals surface area contributed by atoms with Gasteiger partial charge >= 0.3 is 0 Å². The molecule has 0 radical (unpaired) electrons. The molecular formula is C10H17NP4. The lowest BCUT2D eigenvalue weighted by molar-refractivity contribution is 0.602. The maximum atomic E-state index is 4.22. The van der Waals surface area contributed by atoms with E-state index in [4.69, 9.17) is 0 Å². The molecule has 1 aliphatic carbocycles. The molecule has 0 aromatic carbocycles. The highest BCUT2D eigenvalue weighted by atomic mass is 32.6. The van der Waals surface area contributed by atoms with Crippen LogP contribution >= 0.6 is 33.1 Å². The highest BCUT2D eigenvalue weighted by Crippen LogP contribution is 2.72. The van der Waals surface area contributed by atoms with E-state index in [0.717, 1.165) is 13.6 Å². The number of fused-ring (bicyclic) bond motifs is 1. The summed E-state index contributed by atoms with van der Waals surface area (Å²) in [7, 11) is 7.14. The van der Waals surface area contributed by atoms with Crippen LogP contribution in [0.2, 0.25) is 0 Å². The number of hydrogen-bond acceptors (Lipinski definition) is 1. The quantitative estimate of drug-likeness (QED) is 0.739. The Labute approximate surface area is 99.2 Å². The predicted octanol–water partition coefficient (Wildman–Crippen LogP) is 4.16. The van der Waals surface area contributed by atoms with E-state index >= 15 is 0 Å². The van der Waals surface area contributed by atoms with Crippen LogP contribution in [0, 0.1) is 0 Å². The largest absolute Gasteiger partial charge is 0.264 e. The number of hydrogen-bond donors (Lipinski definition) is 0. The minimum atomic E-state index is 0.127. The van der Waals surface area contributed by atoms with Gasteiger partial charge in [0.2, 0.25) is 0 Å². The van der Waals surface area contributed by atoms with E-state index in [-0.39, 0.29) is 7.30 Å². The van der Waals surface area contributed by atoms with Gasteiger partial charge < -0.3 is 0 Å². The first kappa shape index (κ1) is 12.3. The van der Waals surface area contributed by atoms with Gasteiger partial charge in [0.05, 0.1) is 0 Å². The van der Waals surface area contributed by atoms with E-state index < -0.39 is 0 Å². The van der Waals surface area contributed by atoms with Crippen molar-refractivity contribution >= 4 is 33.1 Å². The summed E-state index contributed by atoms with van der Waals surface area (Å²) < 4.78 is 0. The fourth-order valence-electron chi connectivity index (χ4n) is 2.33. The summed E-state index contributed by atoms with van der Waals surface area (Å²) in [6, 6.07) is 2.21. The van der Waals surface area contributed by atoms with Gasteiger partial charge in [-0.05, 0) is 41.6 Å². The van der Waals surface area contributed by atoms with Crippen LogP contribution in [-0.2, 0) is 6.42 Å². The molecule has 82 valence electrons. The molecule has 2 rings (SSSR count). The van der Waals surface area contributed by atoms with Gasteiger partial charge in [0.1, 0.15) is 0 Å². The van der Waals surface area contributed by atoms with Gasteiger partial charge in [-0.2, -0.15) is 0 Å². The average molecular weight is 275 g/mol. The maximum absolute atomic E-state index is 4.22. The molecule has 0 saturated carbocycles. The summed E-state index contributed by atoms with van der Waals surface area (Å²) in [5, 5.41) is 0. The van der Waals surface area contributed by atoms with Crippen molar-refractivity contribution in [2.24, 2.45) is 0 Å². The first-order valence-corrected chi connectivity index (χ1v) is 11.8. The van der Waals surface area contributed by atoms with Crippen LogP contribution in [0.4, 0.5) is 0 Å². The monoisotopic (exact) mass is 275 g/mol. The van der Waals surface area contributed by atoms with E-state index in [0.29, 0.717) is 5.92 Å². The standard InChI is InChI=1S/C10H17NP4/c1-7-9-4-5-11-6-8(9)2-3-10(7)15(13)14-12/h4-7,10,14H,2-3,12-13H2,1H3/t7-,10+,15?/m1/s1. The number of aromatic nitrogens is 1. The Kier molecular flexibility index (Phi) is 4.50. The molecule has 0 aliphatic heterocycles. The van der Waals surface area contributed by atoms with Crippen LogP contribution < -0.4 is 0 Å². The Morgan fingerprint density at radius 2 is 2.40 bits per heavy atom. The Bertz CT molecular complexity index is 344. The van der Waals surface area contributed by atoms with Crippen LogP contribution in [0.1, 0.15) is 30.4 Å². The molecular weight excluding hydrogens is 258 g/mol. The van der Waals surface area contributed by atoms with Gasteiger partial charge in [-0.1, -0.05) is 22.2 Å². The molecule has 0 saturated heterocycles. The third-order valence-electron chi connectivity index (χ3n) is 3.22. The summed E-state index contributed by atoms with van der Waals surface area (Å²) in [6.07, 6.45) is 6.55. The van der Waals surface area contributed by atoms with E-state index in [9.17, 15) is 0 Å². The van der Waals surface area contributed by atoms with Crippen LogP contribution in [0.25, 0.3) is 0 Å². The van der Waals surface area contributed by atoms with Gasteiger partial charge in [0.25, 0.3) is 0 Å². The van der Waals surface area contributed by atoms with Crippen molar-refractivity contribution in [3.05, 3.63) is 29.6 Å². The fourth-order valence-corrected chi connectivity index (χ4v) is 8.15. The highest BCUT2D eigenvalue weighted by molar-refractivity contribution is 8.61. The van der Waals surface area contributed by atoms with Crippen LogP contribution in [-0.4, -0.2) is 10.6 Å². The maximum Gasteiger partial charge on any atom is 0.0302 e. The van der Waals surface area contributed by atoms with Crippen molar-refractivity contribution in [3.63, 3.8) is 0 Å². The van der Waals surface area contributed by atoms with Gasteiger partial charge in [0.15, 0.2) is 0 Å². The second kappa shape index (κ2) is 5.47. The van der Waals surface area contributed by atoms with Crippen molar-refractivity contribution in [1.29, 1.82) is 0 Å². The average Bonchev–Trinajstić information content (AvgIpc) is 2.29. The zero-order chi connectivity index (χ0) is 10.8.